The summed E-state index contributed by atoms with van der Waals surface area (Å²) >= 11 is 0. The molecule has 8 nitrogen and oxygen atoms in total. The molecule has 1 heterocycles. The maximum absolute atomic E-state index is 13.0. The molecule has 0 aromatic heterocycles. The third-order valence-electron chi connectivity index (χ3n) is 7.15. The third-order valence-corrected chi connectivity index (χ3v) is 7.15. The molecule has 2 amide bonds. The number of hydrogen-bond donors (Lipinski definition) is 3. The first kappa shape index (κ1) is 23.4. The zero-order valence-corrected chi connectivity index (χ0v) is 19.4. The second-order valence-corrected chi connectivity index (χ2v) is 9.53. The Labute approximate surface area is 204 Å². The number of carboxylic acid groups (broad SMARTS) is 1. The highest BCUT2D eigenvalue weighted by Gasteiger charge is 2.42. The van der Waals surface area contributed by atoms with Crippen LogP contribution in [-0.4, -0.2) is 54.5 Å². The second-order valence-electron chi connectivity index (χ2n) is 9.53. The Morgan fingerprint density at radius 1 is 1.00 bits per heavy atom. The zero-order valence-electron chi connectivity index (χ0n) is 19.4. The van der Waals surface area contributed by atoms with Crippen LogP contribution < -0.4 is 10.6 Å². The molecule has 0 bridgehead atoms. The van der Waals surface area contributed by atoms with E-state index in [1.54, 1.807) is 0 Å². The first-order valence-electron chi connectivity index (χ1n) is 12.3. The number of aliphatic carboxylic acids is 1. The van der Waals surface area contributed by atoms with Gasteiger partial charge in [0.1, 0.15) is 12.6 Å². The predicted molar refractivity (Wildman–Crippen MR) is 128 cm³/mol. The maximum Gasteiger partial charge on any atom is 0.407 e. The molecule has 3 atom stereocenters. The number of amides is 2. The lowest BCUT2D eigenvalue weighted by atomic mass is 9.98. The van der Waals surface area contributed by atoms with Crippen molar-refractivity contribution in [1.82, 2.24) is 10.6 Å². The largest absolute Gasteiger partial charge is 0.481 e. The number of nitrogens with one attached hydrogen (secondary N) is 2. The highest BCUT2D eigenvalue weighted by molar-refractivity contribution is 5.86. The highest BCUT2D eigenvalue weighted by Crippen LogP contribution is 2.44. The molecule has 0 spiro atoms. The molecule has 3 unspecified atom stereocenters. The minimum atomic E-state index is -1.03. The van der Waals surface area contributed by atoms with Gasteiger partial charge in [0.15, 0.2) is 0 Å². The summed E-state index contributed by atoms with van der Waals surface area (Å²) in [6.07, 6.45) is 1.90. The van der Waals surface area contributed by atoms with E-state index in [1.165, 1.54) is 0 Å². The number of hydrogen-bond acceptors (Lipinski definition) is 5. The summed E-state index contributed by atoms with van der Waals surface area (Å²) in [6, 6.07) is 15.0. The molecule has 3 N–H and O–H groups in total. The Kier molecular flexibility index (Phi) is 6.72. The molecule has 2 aromatic carbocycles. The summed E-state index contributed by atoms with van der Waals surface area (Å²) in [5.74, 6) is -1.07. The van der Waals surface area contributed by atoms with Crippen molar-refractivity contribution in [1.29, 1.82) is 0 Å². The molecule has 5 rings (SSSR count). The smallest absolute Gasteiger partial charge is 0.407 e. The topological polar surface area (TPSA) is 114 Å². The zero-order chi connectivity index (χ0) is 24.4. The van der Waals surface area contributed by atoms with Gasteiger partial charge in [0.05, 0.1) is 12.1 Å². The number of benzene rings is 2. The van der Waals surface area contributed by atoms with E-state index in [0.717, 1.165) is 35.1 Å². The van der Waals surface area contributed by atoms with Gasteiger partial charge in [0, 0.05) is 18.9 Å². The first-order valence-corrected chi connectivity index (χ1v) is 12.3. The van der Waals surface area contributed by atoms with E-state index >= 15 is 0 Å². The van der Waals surface area contributed by atoms with Crippen LogP contribution in [0.5, 0.6) is 0 Å². The summed E-state index contributed by atoms with van der Waals surface area (Å²) in [7, 11) is 0. The first-order chi connectivity index (χ1) is 17.0. The minimum absolute atomic E-state index is 0.00599. The van der Waals surface area contributed by atoms with E-state index in [-0.39, 0.29) is 37.5 Å². The van der Waals surface area contributed by atoms with Crippen LogP contribution in [0.3, 0.4) is 0 Å². The normalized spacial score (nSPS) is 21.6. The fourth-order valence-corrected chi connectivity index (χ4v) is 5.26. The molecule has 2 aromatic rings. The number of fused-ring (bicyclic) bond motifs is 3. The van der Waals surface area contributed by atoms with Crippen LogP contribution in [0.2, 0.25) is 0 Å². The van der Waals surface area contributed by atoms with Crippen molar-refractivity contribution in [2.75, 3.05) is 13.2 Å². The fourth-order valence-electron chi connectivity index (χ4n) is 5.26. The predicted octanol–water partition coefficient (Wildman–Crippen LogP) is 3.44. The SMILES string of the molecule is O=C(O)CCC(NC(=O)OCC1c2ccccc2-c2ccccc21)C(=O)NC1CCOC1C1CC1. The average molecular weight is 479 g/mol. The van der Waals surface area contributed by atoms with Crippen LogP contribution in [0.4, 0.5) is 4.79 Å². The van der Waals surface area contributed by atoms with Crippen molar-refractivity contribution >= 4 is 18.0 Å². The molecular weight excluding hydrogens is 448 g/mol. The summed E-state index contributed by atoms with van der Waals surface area (Å²) in [4.78, 5) is 36.9. The summed E-state index contributed by atoms with van der Waals surface area (Å²) in [6.45, 7) is 0.707. The van der Waals surface area contributed by atoms with Gasteiger partial charge in [-0.2, -0.15) is 0 Å². The molecule has 35 heavy (non-hydrogen) atoms. The van der Waals surface area contributed by atoms with Crippen molar-refractivity contribution in [3.05, 3.63) is 59.7 Å². The minimum Gasteiger partial charge on any atom is -0.481 e. The average Bonchev–Trinajstić information content (AvgIpc) is 3.51. The van der Waals surface area contributed by atoms with Crippen molar-refractivity contribution in [2.24, 2.45) is 5.92 Å². The molecule has 8 heteroatoms. The van der Waals surface area contributed by atoms with Crippen LogP contribution in [0.1, 0.15) is 49.1 Å². The van der Waals surface area contributed by atoms with Crippen LogP contribution in [0.15, 0.2) is 48.5 Å². The van der Waals surface area contributed by atoms with Crippen molar-refractivity contribution in [3.8, 4) is 11.1 Å². The molecule has 2 fully saturated rings. The van der Waals surface area contributed by atoms with Gasteiger partial charge < -0.3 is 25.2 Å². The molecule has 3 aliphatic rings. The molecule has 1 saturated heterocycles. The Bertz CT molecular complexity index is 1070. The van der Waals surface area contributed by atoms with E-state index < -0.39 is 24.0 Å². The molecule has 0 radical (unpaired) electrons. The molecule has 1 aliphatic heterocycles. The number of carboxylic acids is 1. The van der Waals surface area contributed by atoms with E-state index in [1.807, 2.05) is 36.4 Å². The monoisotopic (exact) mass is 478 g/mol. The lowest BCUT2D eigenvalue weighted by molar-refractivity contribution is -0.137. The fraction of sp³-hybridized carbons (Fsp3) is 0.444. The van der Waals surface area contributed by atoms with Gasteiger partial charge in [0.2, 0.25) is 5.91 Å². The second kappa shape index (κ2) is 10.1. The van der Waals surface area contributed by atoms with E-state index in [4.69, 9.17) is 14.6 Å². The van der Waals surface area contributed by atoms with Gasteiger partial charge in [-0.15, -0.1) is 0 Å². The van der Waals surface area contributed by atoms with E-state index in [0.29, 0.717) is 18.9 Å². The third kappa shape index (κ3) is 5.17. The van der Waals surface area contributed by atoms with Gasteiger partial charge in [-0.3, -0.25) is 9.59 Å². The van der Waals surface area contributed by atoms with Crippen LogP contribution >= 0.6 is 0 Å². The summed E-state index contributed by atoms with van der Waals surface area (Å²) < 4.78 is 11.3. The van der Waals surface area contributed by atoms with Crippen LogP contribution in [-0.2, 0) is 19.1 Å². The molecule has 184 valence electrons. The Balaban J connectivity index is 1.22. The quantitative estimate of drug-likeness (QED) is 0.509. The van der Waals surface area contributed by atoms with Gasteiger partial charge in [-0.05, 0) is 53.9 Å². The summed E-state index contributed by atoms with van der Waals surface area (Å²) in [5, 5.41) is 14.7. The Morgan fingerprint density at radius 3 is 2.29 bits per heavy atom. The number of carbonyl (C=O) groups is 3. The highest BCUT2D eigenvalue weighted by atomic mass is 16.5. The standard InChI is InChI=1S/C27H30N2O6/c30-24(31)12-11-23(26(32)28-22-13-14-34-25(22)16-9-10-16)29-27(33)35-15-21-19-7-3-1-5-17(19)18-6-2-4-8-20(18)21/h1-8,16,21-23,25H,9-15H2,(H,28,32)(H,29,33)(H,30,31). The van der Waals surface area contributed by atoms with Gasteiger partial charge in [0.25, 0.3) is 0 Å². The number of carbonyl (C=O) groups excluding carboxylic acids is 2. The molecular formula is C27H30N2O6. The number of alkyl carbamates (subject to hydrolysis) is 1. The van der Waals surface area contributed by atoms with Gasteiger partial charge >= 0.3 is 12.1 Å². The Hall–Kier alpha value is -3.39. The van der Waals surface area contributed by atoms with Gasteiger partial charge in [-0.25, -0.2) is 4.79 Å². The van der Waals surface area contributed by atoms with E-state index in [9.17, 15) is 14.4 Å². The molecule has 2 aliphatic carbocycles. The van der Waals surface area contributed by atoms with E-state index in [2.05, 4.69) is 22.8 Å². The lowest BCUT2D eigenvalue weighted by Crippen LogP contribution is -2.52. The van der Waals surface area contributed by atoms with Crippen molar-refractivity contribution in [3.63, 3.8) is 0 Å². The van der Waals surface area contributed by atoms with Crippen LogP contribution in [0, 0.1) is 5.92 Å². The lowest BCUT2D eigenvalue weighted by Gasteiger charge is -2.24. The number of ether oxygens (including phenoxy) is 2. The van der Waals surface area contributed by atoms with Crippen LogP contribution in [0.25, 0.3) is 11.1 Å². The molecule has 1 saturated carbocycles. The Morgan fingerprint density at radius 2 is 1.66 bits per heavy atom. The summed E-state index contributed by atoms with van der Waals surface area (Å²) in [5.41, 5.74) is 4.43. The maximum atomic E-state index is 13.0. The van der Waals surface area contributed by atoms with Crippen molar-refractivity contribution in [2.45, 2.75) is 56.2 Å². The van der Waals surface area contributed by atoms with Crippen molar-refractivity contribution < 1.29 is 29.0 Å². The number of rotatable bonds is 9. The van der Waals surface area contributed by atoms with Gasteiger partial charge in [-0.1, -0.05) is 48.5 Å².